The van der Waals surface area contributed by atoms with E-state index in [2.05, 4.69) is 31.9 Å². The predicted octanol–water partition coefficient (Wildman–Crippen LogP) is 2.23. The largest absolute Gasteiger partial charge is 0.354 e. The van der Waals surface area contributed by atoms with Crippen molar-refractivity contribution in [2.24, 2.45) is 5.92 Å². The first-order valence-corrected chi connectivity index (χ1v) is 7.07. The van der Waals surface area contributed by atoms with Crippen molar-refractivity contribution in [1.29, 1.82) is 0 Å². The number of hydrogen-bond donors (Lipinski definition) is 3. The molecule has 1 heterocycles. The number of carbonyl (C=O) groups is 2. The molecule has 0 unspecified atom stereocenters. The van der Waals surface area contributed by atoms with E-state index in [4.69, 9.17) is 0 Å². The molecule has 108 valence electrons. The fraction of sp³-hybridized carbons (Fsp3) is 0.385. The van der Waals surface area contributed by atoms with Crippen LogP contribution in [-0.2, 0) is 4.79 Å². The highest BCUT2D eigenvalue weighted by Gasteiger charge is 2.30. The van der Waals surface area contributed by atoms with Crippen LogP contribution < -0.4 is 16.0 Å². The van der Waals surface area contributed by atoms with Crippen LogP contribution in [-0.4, -0.2) is 24.5 Å². The Bertz CT molecular complexity index is 538. The fourth-order valence-electron chi connectivity index (χ4n) is 2.05. The lowest BCUT2D eigenvalue weighted by atomic mass is 9.94. The van der Waals surface area contributed by atoms with E-state index in [-0.39, 0.29) is 16.3 Å². The van der Waals surface area contributed by atoms with Gasteiger partial charge in [0, 0.05) is 12.2 Å². The molecule has 2 atom stereocenters. The van der Waals surface area contributed by atoms with Crippen LogP contribution >= 0.6 is 15.9 Å². The van der Waals surface area contributed by atoms with Gasteiger partial charge in [-0.3, -0.25) is 4.79 Å². The van der Waals surface area contributed by atoms with E-state index in [0.717, 1.165) is 6.42 Å². The first-order valence-electron chi connectivity index (χ1n) is 6.27. The summed E-state index contributed by atoms with van der Waals surface area (Å²) in [6.45, 7) is 2.54. The summed E-state index contributed by atoms with van der Waals surface area (Å²) in [4.78, 5) is 23.5. The average molecular weight is 344 g/mol. The van der Waals surface area contributed by atoms with Gasteiger partial charge in [-0.25, -0.2) is 9.18 Å². The average Bonchev–Trinajstić information content (AvgIpc) is 2.38. The van der Waals surface area contributed by atoms with Crippen LogP contribution in [0, 0.1) is 11.7 Å². The number of piperidine rings is 1. The summed E-state index contributed by atoms with van der Waals surface area (Å²) >= 11 is 3.04. The maximum atomic E-state index is 13.1. The minimum absolute atomic E-state index is 0.0782. The quantitative estimate of drug-likeness (QED) is 0.770. The number of anilines is 1. The molecule has 1 aliphatic rings. The van der Waals surface area contributed by atoms with E-state index >= 15 is 0 Å². The second kappa shape index (κ2) is 6.21. The minimum atomic E-state index is -0.548. The lowest BCUT2D eigenvalue weighted by Gasteiger charge is -2.28. The first kappa shape index (κ1) is 14.8. The van der Waals surface area contributed by atoms with Crippen molar-refractivity contribution in [3.05, 3.63) is 28.5 Å². The van der Waals surface area contributed by atoms with Crippen LogP contribution in [0.1, 0.15) is 13.3 Å². The van der Waals surface area contributed by atoms with E-state index in [1.165, 1.54) is 18.2 Å². The van der Waals surface area contributed by atoms with Gasteiger partial charge in [0.2, 0.25) is 5.91 Å². The van der Waals surface area contributed by atoms with Gasteiger partial charge in [-0.15, -0.1) is 0 Å². The number of urea groups is 1. The van der Waals surface area contributed by atoms with Crippen LogP contribution in [0.25, 0.3) is 0 Å². The van der Waals surface area contributed by atoms with E-state index in [0.29, 0.717) is 12.2 Å². The van der Waals surface area contributed by atoms with Crippen LogP contribution in [0.4, 0.5) is 14.9 Å². The molecule has 3 N–H and O–H groups in total. The van der Waals surface area contributed by atoms with Crippen molar-refractivity contribution in [1.82, 2.24) is 10.6 Å². The van der Waals surface area contributed by atoms with Crippen LogP contribution in [0.15, 0.2) is 22.7 Å². The molecule has 3 amide bonds. The third-order valence-electron chi connectivity index (χ3n) is 3.21. The predicted molar refractivity (Wildman–Crippen MR) is 76.8 cm³/mol. The molecule has 0 radical (unpaired) electrons. The van der Waals surface area contributed by atoms with Crippen LogP contribution in [0.2, 0.25) is 0 Å². The Morgan fingerprint density at radius 1 is 1.50 bits per heavy atom. The maximum Gasteiger partial charge on any atom is 0.319 e. The van der Waals surface area contributed by atoms with Crippen molar-refractivity contribution in [3.63, 3.8) is 0 Å². The Labute approximate surface area is 124 Å². The molecule has 1 aromatic carbocycles. The van der Waals surface area contributed by atoms with Crippen molar-refractivity contribution in [2.45, 2.75) is 19.4 Å². The Morgan fingerprint density at radius 3 is 2.90 bits per heavy atom. The van der Waals surface area contributed by atoms with Crippen molar-refractivity contribution >= 4 is 33.6 Å². The van der Waals surface area contributed by atoms with Gasteiger partial charge in [-0.1, -0.05) is 6.92 Å². The molecular weight excluding hydrogens is 329 g/mol. The van der Waals surface area contributed by atoms with Gasteiger partial charge in [-0.2, -0.15) is 0 Å². The molecule has 5 nitrogen and oxygen atoms in total. The van der Waals surface area contributed by atoms with Gasteiger partial charge < -0.3 is 16.0 Å². The monoisotopic (exact) mass is 343 g/mol. The molecule has 1 aromatic rings. The smallest absolute Gasteiger partial charge is 0.319 e. The zero-order valence-electron chi connectivity index (χ0n) is 10.9. The number of nitrogens with one attached hydrogen (secondary N) is 3. The van der Waals surface area contributed by atoms with E-state index in [9.17, 15) is 14.0 Å². The third kappa shape index (κ3) is 3.47. The fourth-order valence-corrected chi connectivity index (χ4v) is 2.43. The molecule has 0 aromatic heterocycles. The second-order valence-corrected chi connectivity index (χ2v) is 5.62. The number of amides is 3. The molecule has 2 rings (SSSR count). The third-order valence-corrected chi connectivity index (χ3v) is 3.82. The van der Waals surface area contributed by atoms with Crippen molar-refractivity contribution < 1.29 is 14.0 Å². The standard InChI is InChI=1S/C13H15BrFN3O2/c1-7-4-5-16-12(19)11(7)18-13(20)17-8-2-3-10(15)9(14)6-8/h2-3,6-7,11H,4-5H2,1H3,(H,16,19)(H2,17,18,20)/t7-,11+/m1/s1. The maximum absolute atomic E-state index is 13.1. The molecule has 0 bridgehead atoms. The number of rotatable bonds is 2. The summed E-state index contributed by atoms with van der Waals surface area (Å²) in [5.74, 6) is -0.509. The molecule has 0 spiro atoms. The van der Waals surface area contributed by atoms with E-state index < -0.39 is 17.9 Å². The highest BCUT2D eigenvalue weighted by molar-refractivity contribution is 9.10. The Kier molecular flexibility index (Phi) is 4.59. The molecular formula is C13H15BrFN3O2. The van der Waals surface area contributed by atoms with Gasteiger partial charge >= 0.3 is 6.03 Å². The van der Waals surface area contributed by atoms with Gasteiger partial charge in [0.1, 0.15) is 11.9 Å². The Balaban J connectivity index is 1.98. The summed E-state index contributed by atoms with van der Waals surface area (Å²) < 4.78 is 13.3. The topological polar surface area (TPSA) is 70.2 Å². The van der Waals surface area contributed by atoms with Crippen molar-refractivity contribution in [2.75, 3.05) is 11.9 Å². The zero-order valence-corrected chi connectivity index (χ0v) is 12.5. The van der Waals surface area contributed by atoms with Gasteiger partial charge in [-0.05, 0) is 46.5 Å². The van der Waals surface area contributed by atoms with Gasteiger partial charge in [0.15, 0.2) is 0 Å². The molecule has 20 heavy (non-hydrogen) atoms. The normalized spacial score (nSPS) is 22.1. The molecule has 0 saturated carbocycles. The molecule has 7 heteroatoms. The number of carbonyl (C=O) groups excluding carboxylic acids is 2. The first-order chi connectivity index (χ1) is 9.47. The summed E-state index contributed by atoms with van der Waals surface area (Å²) in [7, 11) is 0. The van der Waals surface area contributed by atoms with E-state index in [1.807, 2.05) is 6.92 Å². The van der Waals surface area contributed by atoms with Gasteiger partial charge in [0.25, 0.3) is 0 Å². The number of benzene rings is 1. The summed E-state index contributed by atoms with van der Waals surface area (Å²) in [6, 6.07) is 3.11. The van der Waals surface area contributed by atoms with Crippen molar-refractivity contribution in [3.8, 4) is 0 Å². The summed E-state index contributed by atoms with van der Waals surface area (Å²) in [5, 5.41) is 7.91. The highest BCUT2D eigenvalue weighted by Crippen LogP contribution is 2.20. The van der Waals surface area contributed by atoms with Crippen LogP contribution in [0.3, 0.4) is 0 Å². The zero-order chi connectivity index (χ0) is 14.7. The lowest BCUT2D eigenvalue weighted by Crippen LogP contribution is -2.55. The summed E-state index contributed by atoms with van der Waals surface area (Å²) in [6.07, 6.45) is 0.818. The summed E-state index contributed by atoms with van der Waals surface area (Å²) in [5.41, 5.74) is 0.444. The molecule has 1 saturated heterocycles. The number of hydrogen-bond acceptors (Lipinski definition) is 2. The molecule has 0 aliphatic carbocycles. The van der Waals surface area contributed by atoms with E-state index in [1.54, 1.807) is 0 Å². The Hall–Kier alpha value is -1.63. The molecule has 1 fully saturated rings. The lowest BCUT2D eigenvalue weighted by molar-refractivity contribution is -0.125. The second-order valence-electron chi connectivity index (χ2n) is 4.76. The number of halogens is 2. The van der Waals surface area contributed by atoms with Crippen LogP contribution in [0.5, 0.6) is 0 Å². The Morgan fingerprint density at radius 2 is 2.25 bits per heavy atom. The van der Waals surface area contributed by atoms with Gasteiger partial charge in [0.05, 0.1) is 4.47 Å². The minimum Gasteiger partial charge on any atom is -0.354 e. The molecule has 1 aliphatic heterocycles. The SMILES string of the molecule is C[C@@H]1CCNC(=O)[C@H]1NC(=O)Nc1ccc(F)c(Br)c1. The highest BCUT2D eigenvalue weighted by atomic mass is 79.9.